The van der Waals surface area contributed by atoms with E-state index in [2.05, 4.69) is 22.2 Å². The number of rotatable bonds is 4. The minimum Gasteiger partial charge on any atom is -0.468 e. The number of carbonyl (C=O) groups excluding carboxylic acids is 2. The Morgan fingerprint density at radius 1 is 1.40 bits per heavy atom. The van der Waals surface area contributed by atoms with E-state index >= 15 is 0 Å². The minimum atomic E-state index is -0.336. The molecule has 1 aromatic carbocycles. The first-order valence-corrected chi connectivity index (χ1v) is 7.92. The van der Waals surface area contributed by atoms with Gasteiger partial charge in [-0.3, -0.25) is 9.59 Å². The molecule has 0 spiro atoms. The predicted octanol–water partition coefficient (Wildman–Crippen LogP) is 1.88. The van der Waals surface area contributed by atoms with E-state index in [0.29, 0.717) is 6.54 Å². The van der Waals surface area contributed by atoms with E-state index in [4.69, 9.17) is 0 Å². The van der Waals surface area contributed by atoms with Crippen LogP contribution in [0.1, 0.15) is 17.5 Å². The molecule has 0 aromatic heterocycles. The van der Waals surface area contributed by atoms with Crippen molar-refractivity contribution in [3.05, 3.63) is 35.4 Å². The highest BCUT2D eigenvalue weighted by atomic mass is 127. The summed E-state index contributed by atoms with van der Waals surface area (Å²) in [5.41, 5.74) is 2.61. The number of halogens is 1. The van der Waals surface area contributed by atoms with Crippen molar-refractivity contribution in [3.63, 3.8) is 0 Å². The molecule has 1 aliphatic carbocycles. The van der Waals surface area contributed by atoms with Gasteiger partial charge >= 0.3 is 5.97 Å². The van der Waals surface area contributed by atoms with Crippen molar-refractivity contribution in [2.24, 2.45) is 5.92 Å². The molecule has 0 fully saturated rings. The summed E-state index contributed by atoms with van der Waals surface area (Å²) in [5, 5.41) is 2.85. The van der Waals surface area contributed by atoms with E-state index in [1.54, 1.807) is 0 Å². The van der Waals surface area contributed by atoms with Gasteiger partial charge in [0.05, 0.1) is 7.11 Å². The molecule has 20 heavy (non-hydrogen) atoms. The molecule has 5 heteroatoms. The highest BCUT2D eigenvalue weighted by Gasteiger charge is 2.25. The van der Waals surface area contributed by atoms with Gasteiger partial charge in [0.25, 0.3) is 0 Å². The average molecular weight is 387 g/mol. The number of hydrogen-bond acceptors (Lipinski definition) is 3. The number of alkyl halides is 1. The summed E-state index contributed by atoms with van der Waals surface area (Å²) in [4.78, 5) is 23.4. The molecule has 4 nitrogen and oxygen atoms in total. The molecule has 2 atom stereocenters. The van der Waals surface area contributed by atoms with Crippen LogP contribution < -0.4 is 5.32 Å². The summed E-state index contributed by atoms with van der Waals surface area (Å²) >= 11 is 1.98. The number of fused-ring (bicyclic) bond motifs is 1. The number of amides is 1. The fourth-order valence-electron chi connectivity index (χ4n) is 2.47. The van der Waals surface area contributed by atoms with Gasteiger partial charge in [0, 0.05) is 12.5 Å². The topological polar surface area (TPSA) is 55.4 Å². The number of aryl methyl sites for hydroxylation is 1. The van der Waals surface area contributed by atoms with Crippen molar-refractivity contribution < 1.29 is 14.3 Å². The molecule has 1 aliphatic rings. The van der Waals surface area contributed by atoms with Crippen molar-refractivity contribution >= 4 is 34.5 Å². The van der Waals surface area contributed by atoms with Crippen molar-refractivity contribution in [1.82, 2.24) is 5.32 Å². The first-order chi connectivity index (χ1) is 9.61. The Labute approximate surface area is 132 Å². The second-order valence-corrected chi connectivity index (χ2v) is 6.45. The van der Waals surface area contributed by atoms with Crippen LogP contribution in [-0.4, -0.2) is 29.5 Å². The molecule has 2 rings (SSSR count). The predicted molar refractivity (Wildman–Crippen MR) is 84.8 cm³/mol. The molecule has 0 radical (unpaired) electrons. The standard InChI is InChI=1S/C15H18INO3/c1-20-15(19)13(16)9-17-14(18)12-7-6-10-4-2-3-5-11(10)8-12/h2-5,12-13H,6-9H2,1H3,(H,17,18). The summed E-state index contributed by atoms with van der Waals surface area (Å²) in [7, 11) is 1.36. The van der Waals surface area contributed by atoms with Crippen LogP contribution in [0.3, 0.4) is 0 Å². The summed E-state index contributed by atoms with van der Waals surface area (Å²) in [5.74, 6) is -0.267. The van der Waals surface area contributed by atoms with Gasteiger partial charge in [-0.1, -0.05) is 46.9 Å². The zero-order valence-corrected chi connectivity index (χ0v) is 13.6. The molecule has 0 saturated carbocycles. The molecule has 0 aliphatic heterocycles. The number of esters is 1. The number of methoxy groups -OCH3 is 1. The molecule has 0 saturated heterocycles. The third-order valence-corrected chi connectivity index (χ3v) is 4.58. The van der Waals surface area contributed by atoms with Crippen LogP contribution in [0.5, 0.6) is 0 Å². The molecule has 1 aromatic rings. The highest BCUT2D eigenvalue weighted by Crippen LogP contribution is 2.25. The van der Waals surface area contributed by atoms with Crippen LogP contribution >= 0.6 is 22.6 Å². The SMILES string of the molecule is COC(=O)C(I)CNC(=O)C1CCc2ccccc2C1. The molecule has 0 bridgehead atoms. The first-order valence-electron chi connectivity index (χ1n) is 6.68. The average Bonchev–Trinajstić information content (AvgIpc) is 2.50. The van der Waals surface area contributed by atoms with Gasteiger partial charge in [-0.2, -0.15) is 0 Å². The van der Waals surface area contributed by atoms with Crippen molar-refractivity contribution in [3.8, 4) is 0 Å². The Morgan fingerprint density at radius 3 is 2.80 bits per heavy atom. The summed E-state index contributed by atoms with van der Waals surface area (Å²) in [6.07, 6.45) is 2.60. The lowest BCUT2D eigenvalue weighted by Crippen LogP contribution is -2.39. The first kappa shape index (κ1) is 15.3. The van der Waals surface area contributed by atoms with Gasteiger partial charge in [0.15, 0.2) is 0 Å². The highest BCUT2D eigenvalue weighted by molar-refractivity contribution is 14.1. The normalized spacial score (nSPS) is 18.8. The third-order valence-electron chi connectivity index (χ3n) is 3.63. The second kappa shape index (κ2) is 7.06. The van der Waals surface area contributed by atoms with Crippen LogP contribution in [0, 0.1) is 5.92 Å². The van der Waals surface area contributed by atoms with Gasteiger partial charge in [0.1, 0.15) is 3.92 Å². The van der Waals surface area contributed by atoms with Gasteiger partial charge < -0.3 is 10.1 Å². The van der Waals surface area contributed by atoms with Crippen LogP contribution in [0.2, 0.25) is 0 Å². The van der Waals surface area contributed by atoms with Gasteiger partial charge in [0.2, 0.25) is 5.91 Å². The third kappa shape index (κ3) is 3.71. The molecule has 0 heterocycles. The van der Waals surface area contributed by atoms with Gasteiger partial charge in [-0.15, -0.1) is 0 Å². The lowest BCUT2D eigenvalue weighted by molar-refractivity contribution is -0.139. The van der Waals surface area contributed by atoms with Crippen LogP contribution in [0.25, 0.3) is 0 Å². The fraction of sp³-hybridized carbons (Fsp3) is 0.467. The Morgan fingerprint density at radius 2 is 2.10 bits per heavy atom. The van der Waals surface area contributed by atoms with Crippen LogP contribution in [0.15, 0.2) is 24.3 Å². The number of ether oxygens (including phenoxy) is 1. The lowest BCUT2D eigenvalue weighted by Gasteiger charge is -2.24. The van der Waals surface area contributed by atoms with Crippen LogP contribution in [-0.2, 0) is 27.2 Å². The summed E-state index contributed by atoms with van der Waals surface area (Å²) in [6, 6.07) is 8.26. The zero-order valence-electron chi connectivity index (χ0n) is 11.4. The van der Waals surface area contributed by atoms with Gasteiger partial charge in [-0.25, -0.2) is 0 Å². The molecular formula is C15H18INO3. The van der Waals surface area contributed by atoms with Crippen molar-refractivity contribution in [1.29, 1.82) is 0 Å². The molecule has 1 N–H and O–H groups in total. The maximum atomic E-state index is 12.2. The largest absolute Gasteiger partial charge is 0.468 e. The molecular weight excluding hydrogens is 369 g/mol. The Balaban J connectivity index is 1.87. The quantitative estimate of drug-likeness (QED) is 0.488. The second-order valence-electron chi connectivity index (χ2n) is 4.94. The maximum Gasteiger partial charge on any atom is 0.320 e. The lowest BCUT2D eigenvalue weighted by atomic mass is 9.83. The van der Waals surface area contributed by atoms with E-state index in [1.807, 2.05) is 34.7 Å². The monoisotopic (exact) mass is 387 g/mol. The smallest absolute Gasteiger partial charge is 0.320 e. The van der Waals surface area contributed by atoms with Crippen molar-refractivity contribution in [2.75, 3.05) is 13.7 Å². The van der Waals surface area contributed by atoms with Crippen molar-refractivity contribution in [2.45, 2.75) is 23.2 Å². The summed E-state index contributed by atoms with van der Waals surface area (Å²) < 4.78 is 4.30. The number of nitrogens with one attached hydrogen (secondary N) is 1. The number of hydrogen-bond donors (Lipinski definition) is 1. The Hall–Kier alpha value is -1.11. The molecule has 2 unspecified atom stereocenters. The Kier molecular flexibility index (Phi) is 5.39. The molecule has 1 amide bonds. The van der Waals surface area contributed by atoms with Crippen LogP contribution in [0.4, 0.5) is 0 Å². The minimum absolute atomic E-state index is 0.00569. The van der Waals surface area contributed by atoms with E-state index in [-0.39, 0.29) is 21.7 Å². The van der Waals surface area contributed by atoms with E-state index < -0.39 is 0 Å². The number of carbonyl (C=O) groups is 2. The zero-order chi connectivity index (χ0) is 14.5. The Bertz CT molecular complexity index is 504. The molecule has 108 valence electrons. The van der Waals surface area contributed by atoms with E-state index in [1.165, 1.54) is 18.2 Å². The summed E-state index contributed by atoms with van der Waals surface area (Å²) in [6.45, 7) is 0.324. The maximum absolute atomic E-state index is 12.2. The van der Waals surface area contributed by atoms with E-state index in [0.717, 1.165) is 19.3 Å². The number of benzene rings is 1. The van der Waals surface area contributed by atoms with Gasteiger partial charge in [-0.05, 0) is 30.4 Å². The fourth-order valence-corrected chi connectivity index (χ4v) is 2.94. The van der Waals surface area contributed by atoms with E-state index in [9.17, 15) is 9.59 Å².